The van der Waals surface area contributed by atoms with Gasteiger partial charge in [-0.2, -0.15) is 0 Å². The summed E-state index contributed by atoms with van der Waals surface area (Å²) in [4.78, 5) is 29.7. The average molecular weight is 384 g/mol. The number of carbonyl (C=O) groups excluding carboxylic acids is 2. The molecule has 140 valence electrons. The van der Waals surface area contributed by atoms with Crippen LogP contribution in [0.3, 0.4) is 0 Å². The quantitative estimate of drug-likeness (QED) is 0.837. The lowest BCUT2D eigenvalue weighted by Gasteiger charge is -2.43. The molecule has 0 radical (unpaired) electrons. The molecule has 1 N–H and O–H groups in total. The van der Waals surface area contributed by atoms with Gasteiger partial charge in [0.2, 0.25) is 0 Å². The summed E-state index contributed by atoms with van der Waals surface area (Å²) in [6, 6.07) is 12.3. The van der Waals surface area contributed by atoms with Gasteiger partial charge in [0.25, 0.3) is 11.8 Å². The number of hydrogen-bond donors (Lipinski definition) is 1. The Balaban J connectivity index is 1.62. The first-order chi connectivity index (χ1) is 13.0. The number of carbonyl (C=O) groups is 2. The highest BCUT2D eigenvalue weighted by Gasteiger charge is 2.36. The van der Waals surface area contributed by atoms with Crippen molar-refractivity contribution in [3.05, 3.63) is 58.6 Å². The molecule has 4 rings (SSSR count). The number of halogens is 1. The predicted octanol–water partition coefficient (Wildman–Crippen LogP) is 4.38. The highest BCUT2D eigenvalue weighted by atomic mass is 35.5. The molecule has 2 heterocycles. The first-order valence-corrected chi connectivity index (χ1v) is 9.67. The maximum Gasteiger partial charge on any atom is 0.257 e. The van der Waals surface area contributed by atoms with Crippen molar-refractivity contribution in [2.75, 3.05) is 23.8 Å². The lowest BCUT2D eigenvalue weighted by Crippen LogP contribution is -2.53. The molecule has 0 unspecified atom stereocenters. The maximum absolute atomic E-state index is 12.9. The number of fused-ring (bicyclic) bond motifs is 2. The van der Waals surface area contributed by atoms with Crippen LogP contribution in [-0.2, 0) is 0 Å². The minimum Gasteiger partial charge on any atom is -0.354 e. The number of hydrogen-bond acceptors (Lipinski definition) is 3. The number of nitrogens with zero attached hydrogens (tertiary/aromatic N) is 2. The Morgan fingerprint density at radius 1 is 1.11 bits per heavy atom. The molecule has 0 saturated carbocycles. The van der Waals surface area contributed by atoms with Gasteiger partial charge >= 0.3 is 0 Å². The van der Waals surface area contributed by atoms with Crippen molar-refractivity contribution in [2.24, 2.45) is 0 Å². The van der Waals surface area contributed by atoms with Gasteiger partial charge in [0, 0.05) is 29.9 Å². The average Bonchev–Trinajstić information content (AvgIpc) is 2.94. The monoisotopic (exact) mass is 383 g/mol. The number of rotatable bonds is 2. The van der Waals surface area contributed by atoms with Crippen molar-refractivity contribution in [3.63, 3.8) is 0 Å². The van der Waals surface area contributed by atoms with E-state index in [1.54, 1.807) is 36.4 Å². The summed E-state index contributed by atoms with van der Waals surface area (Å²) in [5.74, 6) is -0.135. The molecule has 0 spiro atoms. The highest BCUT2D eigenvalue weighted by molar-refractivity contribution is 6.30. The second kappa shape index (κ2) is 7.24. The van der Waals surface area contributed by atoms with Crippen LogP contribution in [0.15, 0.2) is 42.5 Å². The summed E-state index contributed by atoms with van der Waals surface area (Å²) in [7, 11) is 2.01. The summed E-state index contributed by atoms with van der Waals surface area (Å²) >= 11 is 5.89. The molecular weight excluding hydrogens is 362 g/mol. The largest absolute Gasteiger partial charge is 0.354 e. The molecule has 6 heteroatoms. The van der Waals surface area contributed by atoms with Gasteiger partial charge in [0.1, 0.15) is 6.17 Å². The van der Waals surface area contributed by atoms with Crippen LogP contribution in [0.5, 0.6) is 0 Å². The van der Waals surface area contributed by atoms with Crippen LogP contribution in [0.1, 0.15) is 46.4 Å². The lowest BCUT2D eigenvalue weighted by atomic mass is 10.0. The Labute approximate surface area is 163 Å². The molecule has 0 aliphatic carbocycles. The van der Waals surface area contributed by atoms with Crippen molar-refractivity contribution < 1.29 is 9.59 Å². The first kappa shape index (κ1) is 17.9. The van der Waals surface area contributed by atoms with Crippen LogP contribution in [0.2, 0.25) is 5.02 Å². The summed E-state index contributed by atoms with van der Waals surface area (Å²) in [6.45, 7) is 0.798. The fraction of sp³-hybridized carbons (Fsp3) is 0.333. The van der Waals surface area contributed by atoms with E-state index in [1.807, 2.05) is 18.0 Å². The molecule has 2 amide bonds. The number of amides is 2. The fourth-order valence-electron chi connectivity index (χ4n) is 3.93. The van der Waals surface area contributed by atoms with E-state index in [9.17, 15) is 9.59 Å². The van der Waals surface area contributed by atoms with E-state index in [2.05, 4.69) is 10.2 Å². The van der Waals surface area contributed by atoms with Crippen molar-refractivity contribution in [1.82, 2.24) is 4.90 Å². The SMILES string of the molecule is CN1c2cc(C(=O)Nc3ccc(Cl)cc3)ccc2C(=O)N2CCCCC[C@@H]21. The van der Waals surface area contributed by atoms with Gasteiger partial charge in [-0.25, -0.2) is 0 Å². The predicted molar refractivity (Wildman–Crippen MR) is 108 cm³/mol. The van der Waals surface area contributed by atoms with Crippen LogP contribution < -0.4 is 10.2 Å². The molecule has 1 atom stereocenters. The van der Waals surface area contributed by atoms with Gasteiger partial charge in [-0.3, -0.25) is 9.59 Å². The first-order valence-electron chi connectivity index (χ1n) is 9.29. The molecule has 0 bridgehead atoms. The van der Waals surface area contributed by atoms with Crippen LogP contribution in [0, 0.1) is 0 Å². The highest BCUT2D eigenvalue weighted by Crippen LogP contribution is 2.34. The topological polar surface area (TPSA) is 52.7 Å². The third kappa shape index (κ3) is 3.39. The summed E-state index contributed by atoms with van der Waals surface area (Å²) in [6.07, 6.45) is 4.35. The van der Waals surface area contributed by atoms with Gasteiger partial charge in [-0.05, 0) is 61.7 Å². The minimum absolute atomic E-state index is 0.0691. The number of nitrogens with one attached hydrogen (secondary N) is 1. The molecule has 5 nitrogen and oxygen atoms in total. The van der Waals surface area contributed by atoms with E-state index in [-0.39, 0.29) is 18.0 Å². The molecule has 2 aliphatic rings. The summed E-state index contributed by atoms with van der Waals surface area (Å²) < 4.78 is 0. The van der Waals surface area contributed by atoms with E-state index in [4.69, 9.17) is 11.6 Å². The van der Waals surface area contributed by atoms with E-state index < -0.39 is 0 Å². The Hall–Kier alpha value is -2.53. The molecule has 27 heavy (non-hydrogen) atoms. The van der Waals surface area contributed by atoms with Crippen LogP contribution in [0.4, 0.5) is 11.4 Å². The van der Waals surface area contributed by atoms with Crippen molar-refractivity contribution in [2.45, 2.75) is 31.8 Å². The van der Waals surface area contributed by atoms with E-state index in [1.165, 1.54) is 0 Å². The molecule has 1 saturated heterocycles. The van der Waals surface area contributed by atoms with Crippen molar-refractivity contribution in [3.8, 4) is 0 Å². The van der Waals surface area contributed by atoms with Crippen molar-refractivity contribution in [1.29, 1.82) is 0 Å². The van der Waals surface area contributed by atoms with Gasteiger partial charge in [-0.15, -0.1) is 0 Å². The van der Waals surface area contributed by atoms with Crippen LogP contribution >= 0.6 is 11.6 Å². The van der Waals surface area contributed by atoms with E-state index in [0.29, 0.717) is 21.8 Å². The summed E-state index contributed by atoms with van der Waals surface area (Å²) in [5, 5.41) is 3.49. The fourth-order valence-corrected chi connectivity index (χ4v) is 4.05. The Morgan fingerprint density at radius 3 is 2.67 bits per heavy atom. The maximum atomic E-state index is 12.9. The normalized spacial score (nSPS) is 19.2. The van der Waals surface area contributed by atoms with Crippen LogP contribution in [0.25, 0.3) is 0 Å². The second-order valence-electron chi connectivity index (χ2n) is 7.13. The third-order valence-electron chi connectivity index (χ3n) is 5.40. The molecule has 2 aromatic carbocycles. The Bertz CT molecular complexity index is 881. The van der Waals surface area contributed by atoms with Crippen molar-refractivity contribution >= 4 is 34.8 Å². The Kier molecular flexibility index (Phi) is 4.79. The molecule has 1 fully saturated rings. The third-order valence-corrected chi connectivity index (χ3v) is 5.65. The van der Waals surface area contributed by atoms with E-state index in [0.717, 1.165) is 37.9 Å². The summed E-state index contributed by atoms with van der Waals surface area (Å²) in [5.41, 5.74) is 2.71. The molecule has 0 aromatic heterocycles. The molecule has 2 aromatic rings. The van der Waals surface area contributed by atoms with Crippen LogP contribution in [-0.4, -0.2) is 36.5 Å². The zero-order chi connectivity index (χ0) is 19.0. The zero-order valence-corrected chi connectivity index (χ0v) is 16.0. The lowest BCUT2D eigenvalue weighted by molar-refractivity contribution is 0.0661. The molecule has 2 aliphatic heterocycles. The van der Waals surface area contributed by atoms with Gasteiger partial charge < -0.3 is 15.1 Å². The van der Waals surface area contributed by atoms with Gasteiger partial charge in [0.05, 0.1) is 11.3 Å². The smallest absolute Gasteiger partial charge is 0.257 e. The zero-order valence-electron chi connectivity index (χ0n) is 15.2. The van der Waals surface area contributed by atoms with E-state index >= 15 is 0 Å². The van der Waals surface area contributed by atoms with Gasteiger partial charge in [0.15, 0.2) is 0 Å². The van der Waals surface area contributed by atoms with Gasteiger partial charge in [-0.1, -0.05) is 18.0 Å². The second-order valence-corrected chi connectivity index (χ2v) is 7.57. The minimum atomic E-state index is -0.204. The standard InChI is InChI=1S/C21H22ClN3O2/c1-24-18-13-14(20(26)23-16-9-7-15(22)8-10-16)6-11-17(18)21(27)25-12-4-2-3-5-19(24)25/h6-11,13,19H,2-5,12H2,1H3,(H,23,26)/t19-/m1/s1. The number of benzene rings is 2. The molecular formula is C21H22ClN3O2. The Morgan fingerprint density at radius 2 is 1.89 bits per heavy atom. The number of anilines is 2.